The molecular weight excluding hydrogens is 408 g/mol. The maximum absolute atomic E-state index is 12.6. The zero-order valence-electron chi connectivity index (χ0n) is 16.7. The lowest BCUT2D eigenvalue weighted by molar-refractivity contribution is -0.115. The van der Waals surface area contributed by atoms with Crippen molar-refractivity contribution in [3.63, 3.8) is 0 Å². The SMILES string of the molecule is Nc1ccccc1NC(=O)c1cc2ccc(NC(=O)CNCc3ccccc3)cc2s1. The van der Waals surface area contributed by atoms with Gasteiger partial charge in [-0.1, -0.05) is 48.5 Å². The molecule has 7 heteroatoms. The van der Waals surface area contributed by atoms with Gasteiger partial charge < -0.3 is 21.7 Å². The first-order valence-electron chi connectivity index (χ1n) is 9.82. The third-order valence-corrected chi connectivity index (χ3v) is 5.79. The molecule has 4 aromatic rings. The second-order valence-electron chi connectivity index (χ2n) is 7.04. The molecule has 1 aromatic heterocycles. The molecule has 2 amide bonds. The normalized spacial score (nSPS) is 10.7. The van der Waals surface area contributed by atoms with Gasteiger partial charge in [-0.3, -0.25) is 9.59 Å². The number of nitrogens with one attached hydrogen (secondary N) is 3. The maximum atomic E-state index is 12.6. The number of benzene rings is 3. The van der Waals surface area contributed by atoms with E-state index in [9.17, 15) is 9.59 Å². The number of carbonyl (C=O) groups excluding carboxylic acids is 2. The highest BCUT2D eigenvalue weighted by Gasteiger charge is 2.12. The van der Waals surface area contributed by atoms with Crippen molar-refractivity contribution in [3.05, 3.63) is 89.3 Å². The topological polar surface area (TPSA) is 96.2 Å². The molecule has 0 unspecified atom stereocenters. The molecule has 5 N–H and O–H groups in total. The molecule has 0 saturated heterocycles. The summed E-state index contributed by atoms with van der Waals surface area (Å²) in [4.78, 5) is 25.4. The molecule has 6 nitrogen and oxygen atoms in total. The van der Waals surface area contributed by atoms with Crippen LogP contribution in [0.25, 0.3) is 10.1 Å². The smallest absolute Gasteiger partial charge is 0.265 e. The van der Waals surface area contributed by atoms with E-state index >= 15 is 0 Å². The van der Waals surface area contributed by atoms with Crippen molar-refractivity contribution >= 4 is 50.3 Å². The summed E-state index contributed by atoms with van der Waals surface area (Å²) >= 11 is 1.37. The second kappa shape index (κ2) is 9.42. The number of nitrogens with two attached hydrogens (primary N) is 1. The minimum atomic E-state index is -0.213. The zero-order chi connectivity index (χ0) is 21.6. The van der Waals surface area contributed by atoms with Crippen molar-refractivity contribution in [3.8, 4) is 0 Å². The monoisotopic (exact) mass is 430 g/mol. The first-order chi connectivity index (χ1) is 15.1. The van der Waals surface area contributed by atoms with Crippen LogP contribution in [0.15, 0.2) is 78.9 Å². The van der Waals surface area contributed by atoms with Crippen molar-refractivity contribution in [2.45, 2.75) is 6.54 Å². The van der Waals surface area contributed by atoms with Crippen molar-refractivity contribution in [1.82, 2.24) is 5.32 Å². The summed E-state index contributed by atoms with van der Waals surface area (Å²) < 4.78 is 0.918. The Morgan fingerprint density at radius 2 is 1.65 bits per heavy atom. The fourth-order valence-electron chi connectivity index (χ4n) is 3.14. The third-order valence-electron chi connectivity index (χ3n) is 4.69. The first-order valence-corrected chi connectivity index (χ1v) is 10.6. The van der Waals surface area contributed by atoms with E-state index in [4.69, 9.17) is 5.73 Å². The van der Waals surface area contributed by atoms with Crippen LogP contribution in [0, 0.1) is 0 Å². The van der Waals surface area contributed by atoms with E-state index in [1.54, 1.807) is 12.1 Å². The molecule has 156 valence electrons. The Balaban J connectivity index is 1.37. The van der Waals surface area contributed by atoms with Crippen LogP contribution in [0.4, 0.5) is 17.1 Å². The Kier molecular flexibility index (Phi) is 6.26. The van der Waals surface area contributed by atoms with Crippen LogP contribution in [0.2, 0.25) is 0 Å². The van der Waals surface area contributed by atoms with Gasteiger partial charge in [0.25, 0.3) is 5.91 Å². The van der Waals surface area contributed by atoms with Crippen LogP contribution in [0.1, 0.15) is 15.2 Å². The average molecular weight is 431 g/mol. The van der Waals surface area contributed by atoms with Crippen LogP contribution in [-0.4, -0.2) is 18.4 Å². The summed E-state index contributed by atoms with van der Waals surface area (Å²) in [5.41, 5.74) is 8.82. The highest BCUT2D eigenvalue weighted by Crippen LogP contribution is 2.29. The Morgan fingerprint density at radius 3 is 2.45 bits per heavy atom. The summed E-state index contributed by atoms with van der Waals surface area (Å²) in [5, 5.41) is 9.81. The van der Waals surface area contributed by atoms with E-state index in [1.165, 1.54) is 11.3 Å². The van der Waals surface area contributed by atoms with E-state index in [1.807, 2.05) is 66.7 Å². The number of nitrogen functional groups attached to an aromatic ring is 1. The molecule has 31 heavy (non-hydrogen) atoms. The lowest BCUT2D eigenvalue weighted by Crippen LogP contribution is -2.27. The molecular formula is C24H22N4O2S. The van der Waals surface area contributed by atoms with Crippen LogP contribution in [-0.2, 0) is 11.3 Å². The number of rotatable bonds is 7. The van der Waals surface area contributed by atoms with Gasteiger partial charge in [0.05, 0.1) is 22.8 Å². The molecule has 0 spiro atoms. The van der Waals surface area contributed by atoms with Gasteiger partial charge in [-0.25, -0.2) is 0 Å². The Bertz CT molecular complexity index is 1220. The zero-order valence-corrected chi connectivity index (χ0v) is 17.5. The molecule has 4 rings (SSSR count). The lowest BCUT2D eigenvalue weighted by atomic mass is 10.2. The lowest BCUT2D eigenvalue weighted by Gasteiger charge is -2.07. The van der Waals surface area contributed by atoms with Gasteiger partial charge in [-0.2, -0.15) is 0 Å². The van der Waals surface area contributed by atoms with Crippen molar-refractivity contribution in [2.24, 2.45) is 0 Å². The number of thiophene rings is 1. The first kappa shape index (κ1) is 20.6. The Morgan fingerprint density at radius 1 is 0.871 bits per heavy atom. The number of para-hydroxylation sites is 2. The van der Waals surface area contributed by atoms with Gasteiger partial charge in [-0.15, -0.1) is 11.3 Å². The average Bonchev–Trinajstić information content (AvgIpc) is 3.20. The molecule has 0 radical (unpaired) electrons. The standard InChI is InChI=1S/C24H22N4O2S/c25-19-8-4-5-9-20(19)28-24(30)22-12-17-10-11-18(13-21(17)31-22)27-23(29)15-26-14-16-6-2-1-3-7-16/h1-13,26H,14-15,25H2,(H,27,29)(H,28,30). The quantitative estimate of drug-likeness (QED) is 0.325. The highest BCUT2D eigenvalue weighted by atomic mass is 32.1. The predicted octanol–water partition coefficient (Wildman–Crippen LogP) is 4.46. The Labute approximate surface area is 184 Å². The summed E-state index contributed by atoms with van der Waals surface area (Å²) in [7, 11) is 0. The molecule has 3 aromatic carbocycles. The van der Waals surface area contributed by atoms with E-state index in [-0.39, 0.29) is 18.4 Å². The van der Waals surface area contributed by atoms with Crippen molar-refractivity contribution in [1.29, 1.82) is 0 Å². The molecule has 0 aliphatic carbocycles. The summed E-state index contributed by atoms with van der Waals surface area (Å²) in [6, 6.07) is 24.5. The number of hydrogen-bond donors (Lipinski definition) is 4. The van der Waals surface area contributed by atoms with Crippen LogP contribution >= 0.6 is 11.3 Å². The largest absolute Gasteiger partial charge is 0.397 e. The van der Waals surface area contributed by atoms with E-state index in [2.05, 4.69) is 16.0 Å². The molecule has 0 bridgehead atoms. The predicted molar refractivity (Wildman–Crippen MR) is 127 cm³/mol. The van der Waals surface area contributed by atoms with Crippen molar-refractivity contribution < 1.29 is 9.59 Å². The van der Waals surface area contributed by atoms with Crippen LogP contribution in [0.5, 0.6) is 0 Å². The minimum absolute atomic E-state index is 0.121. The van der Waals surface area contributed by atoms with Crippen LogP contribution < -0.4 is 21.7 Å². The van der Waals surface area contributed by atoms with Crippen LogP contribution in [0.3, 0.4) is 0 Å². The second-order valence-corrected chi connectivity index (χ2v) is 8.13. The summed E-state index contributed by atoms with van der Waals surface area (Å²) in [5.74, 6) is -0.334. The molecule has 0 aliphatic heterocycles. The van der Waals surface area contributed by atoms with E-state index in [0.717, 1.165) is 15.6 Å². The summed E-state index contributed by atoms with van der Waals surface area (Å²) in [6.07, 6.45) is 0. The third kappa shape index (κ3) is 5.28. The van der Waals surface area contributed by atoms with Gasteiger partial charge in [-0.05, 0) is 41.3 Å². The summed E-state index contributed by atoms with van der Waals surface area (Å²) in [6.45, 7) is 0.839. The van der Waals surface area contributed by atoms with Gasteiger partial charge in [0.1, 0.15) is 0 Å². The molecule has 0 aliphatic rings. The van der Waals surface area contributed by atoms with Gasteiger partial charge in [0.2, 0.25) is 5.91 Å². The van der Waals surface area contributed by atoms with E-state index < -0.39 is 0 Å². The van der Waals surface area contributed by atoms with Gasteiger partial charge in [0.15, 0.2) is 0 Å². The molecule has 0 fully saturated rings. The van der Waals surface area contributed by atoms with Crippen molar-refractivity contribution in [2.75, 3.05) is 22.9 Å². The molecule has 0 saturated carbocycles. The minimum Gasteiger partial charge on any atom is -0.397 e. The molecule has 1 heterocycles. The number of anilines is 3. The Hall–Kier alpha value is -3.68. The van der Waals surface area contributed by atoms with Gasteiger partial charge in [0, 0.05) is 16.9 Å². The van der Waals surface area contributed by atoms with E-state index in [0.29, 0.717) is 28.5 Å². The number of hydrogen-bond acceptors (Lipinski definition) is 5. The number of fused-ring (bicyclic) bond motifs is 1. The number of amides is 2. The maximum Gasteiger partial charge on any atom is 0.265 e. The fourth-order valence-corrected chi connectivity index (χ4v) is 4.13. The van der Waals surface area contributed by atoms with Gasteiger partial charge >= 0.3 is 0 Å². The molecule has 0 atom stereocenters. The number of carbonyl (C=O) groups is 2. The highest BCUT2D eigenvalue weighted by molar-refractivity contribution is 7.21. The fraction of sp³-hybridized carbons (Fsp3) is 0.0833.